The zero-order chi connectivity index (χ0) is 10.6. The minimum atomic E-state index is 1.05. The van der Waals surface area contributed by atoms with E-state index >= 15 is 0 Å². The van der Waals surface area contributed by atoms with Crippen LogP contribution in [-0.4, -0.2) is 4.98 Å². The van der Waals surface area contributed by atoms with Crippen molar-refractivity contribution in [3.8, 4) is 0 Å². The van der Waals surface area contributed by atoms with Crippen LogP contribution in [-0.2, 0) is 0 Å². The molecule has 0 atom stereocenters. The van der Waals surface area contributed by atoms with Crippen molar-refractivity contribution in [2.24, 2.45) is 0 Å². The van der Waals surface area contributed by atoms with Crippen LogP contribution >= 0.6 is 0 Å². The number of hydrogen-bond acceptors (Lipinski definition) is 1. The highest BCUT2D eigenvalue weighted by Crippen LogP contribution is 2.20. The summed E-state index contributed by atoms with van der Waals surface area (Å²) in [5.74, 6) is 0. The van der Waals surface area contributed by atoms with Crippen LogP contribution in [0.3, 0.4) is 0 Å². The molecule has 0 aliphatic heterocycles. The third kappa shape index (κ3) is 2.32. The van der Waals surface area contributed by atoms with Gasteiger partial charge in [-0.25, -0.2) is 0 Å². The van der Waals surface area contributed by atoms with Crippen LogP contribution < -0.4 is 0 Å². The largest absolute Gasteiger partial charge is 0.256 e. The Morgan fingerprint density at radius 3 is 2.36 bits per heavy atom. The van der Waals surface area contributed by atoms with Gasteiger partial charge in [-0.15, -0.1) is 0 Å². The summed E-state index contributed by atoms with van der Waals surface area (Å²) in [5, 5.41) is 0. The molecule has 0 bridgehead atoms. The molecule has 0 radical (unpaired) electrons. The first-order valence-corrected chi connectivity index (χ1v) is 4.91. The van der Waals surface area contributed by atoms with Crippen LogP contribution in [0.2, 0.25) is 0 Å². The van der Waals surface area contributed by atoms with Gasteiger partial charge in [-0.3, -0.25) is 4.98 Å². The first kappa shape index (κ1) is 10.7. The molecular weight excluding hydrogens is 170 g/mol. The first-order chi connectivity index (χ1) is 6.69. The molecule has 0 amide bonds. The van der Waals surface area contributed by atoms with Crippen LogP contribution in [0.25, 0.3) is 5.57 Å². The van der Waals surface area contributed by atoms with Crippen molar-refractivity contribution in [3.63, 3.8) is 0 Å². The van der Waals surface area contributed by atoms with Crippen molar-refractivity contribution >= 4 is 5.57 Å². The lowest BCUT2D eigenvalue weighted by atomic mass is 10.0. The van der Waals surface area contributed by atoms with E-state index in [0.29, 0.717) is 0 Å². The topological polar surface area (TPSA) is 12.9 Å². The Morgan fingerprint density at radius 2 is 1.93 bits per heavy atom. The second-order valence-corrected chi connectivity index (χ2v) is 3.39. The Kier molecular flexibility index (Phi) is 3.63. The van der Waals surface area contributed by atoms with Crippen LogP contribution in [0.1, 0.15) is 32.0 Å². The van der Waals surface area contributed by atoms with Crippen LogP contribution in [0.5, 0.6) is 0 Å². The lowest BCUT2D eigenvalue weighted by Gasteiger charge is -2.06. The van der Waals surface area contributed by atoms with E-state index in [1.165, 1.54) is 16.7 Å². The summed E-state index contributed by atoms with van der Waals surface area (Å²) >= 11 is 0. The van der Waals surface area contributed by atoms with Gasteiger partial charge in [0.25, 0.3) is 0 Å². The lowest BCUT2D eigenvalue weighted by molar-refractivity contribution is 1.22. The Labute approximate surface area is 86.2 Å². The molecule has 74 valence electrons. The van der Waals surface area contributed by atoms with Crippen molar-refractivity contribution in [2.75, 3.05) is 0 Å². The molecule has 0 fully saturated rings. The normalized spacial score (nSPS) is 13.1. The molecule has 0 spiro atoms. The zero-order valence-corrected chi connectivity index (χ0v) is 9.33. The molecule has 0 unspecified atom stereocenters. The maximum Gasteiger partial charge on any atom is 0.0701 e. The van der Waals surface area contributed by atoms with Gasteiger partial charge in [-0.1, -0.05) is 18.2 Å². The van der Waals surface area contributed by atoms with Gasteiger partial charge in [0.1, 0.15) is 0 Å². The van der Waals surface area contributed by atoms with Gasteiger partial charge in [-0.05, 0) is 50.5 Å². The van der Waals surface area contributed by atoms with Crippen LogP contribution in [0.4, 0.5) is 0 Å². The van der Waals surface area contributed by atoms with Crippen LogP contribution in [0, 0.1) is 6.92 Å². The number of rotatable bonds is 2. The molecule has 1 heterocycles. The summed E-state index contributed by atoms with van der Waals surface area (Å²) in [5.41, 5.74) is 4.73. The minimum absolute atomic E-state index is 1.05. The summed E-state index contributed by atoms with van der Waals surface area (Å²) in [6.45, 7) is 8.25. The minimum Gasteiger partial charge on any atom is -0.256 e. The van der Waals surface area contributed by atoms with Gasteiger partial charge >= 0.3 is 0 Å². The summed E-state index contributed by atoms with van der Waals surface area (Å²) in [4.78, 5) is 4.41. The SMILES string of the molecule is C/C=C(C)\C(=C/C)c1ccc(C)cn1. The maximum absolute atomic E-state index is 4.41. The highest BCUT2D eigenvalue weighted by molar-refractivity contribution is 5.75. The molecule has 1 nitrogen and oxygen atoms in total. The Hall–Kier alpha value is -1.37. The molecule has 1 heteroatoms. The number of allylic oxidation sites excluding steroid dienone is 4. The second kappa shape index (κ2) is 4.75. The van der Waals surface area contributed by atoms with Gasteiger partial charge in [0.2, 0.25) is 0 Å². The van der Waals surface area contributed by atoms with Crippen molar-refractivity contribution in [1.82, 2.24) is 4.98 Å². The van der Waals surface area contributed by atoms with E-state index in [1.807, 2.05) is 20.0 Å². The van der Waals surface area contributed by atoms with Crippen molar-refractivity contribution in [2.45, 2.75) is 27.7 Å². The highest BCUT2D eigenvalue weighted by Gasteiger charge is 2.02. The molecule has 0 N–H and O–H groups in total. The predicted molar refractivity (Wildman–Crippen MR) is 62.1 cm³/mol. The van der Waals surface area contributed by atoms with E-state index < -0.39 is 0 Å². The first-order valence-electron chi connectivity index (χ1n) is 4.91. The van der Waals surface area contributed by atoms with Crippen molar-refractivity contribution < 1.29 is 0 Å². The molecule has 1 rings (SSSR count). The van der Waals surface area contributed by atoms with Gasteiger partial charge in [0.15, 0.2) is 0 Å². The predicted octanol–water partition coefficient (Wildman–Crippen LogP) is 3.76. The smallest absolute Gasteiger partial charge is 0.0701 e. The summed E-state index contributed by atoms with van der Waals surface area (Å²) < 4.78 is 0. The number of aromatic nitrogens is 1. The average Bonchev–Trinajstić information content (AvgIpc) is 2.21. The number of hydrogen-bond donors (Lipinski definition) is 0. The molecule has 14 heavy (non-hydrogen) atoms. The standard InChI is InChI=1S/C13H17N/c1-5-11(4)12(6-2)13-8-7-10(3)9-14-13/h5-9H,1-4H3/b11-5-,12-6+. The Bertz CT molecular complexity index is 355. The van der Waals surface area contributed by atoms with Crippen molar-refractivity contribution in [1.29, 1.82) is 0 Å². The van der Waals surface area contributed by atoms with E-state index in [0.717, 1.165) is 5.69 Å². The van der Waals surface area contributed by atoms with Gasteiger partial charge in [0, 0.05) is 6.20 Å². The Balaban J connectivity index is 3.09. The zero-order valence-electron chi connectivity index (χ0n) is 9.33. The maximum atomic E-state index is 4.41. The van der Waals surface area contributed by atoms with E-state index in [1.54, 1.807) is 0 Å². The monoisotopic (exact) mass is 187 g/mol. The number of pyridine rings is 1. The average molecular weight is 187 g/mol. The third-order valence-corrected chi connectivity index (χ3v) is 2.33. The molecule has 0 aliphatic rings. The summed E-state index contributed by atoms with van der Waals surface area (Å²) in [6.07, 6.45) is 6.12. The molecule has 0 saturated carbocycles. The van der Waals surface area contributed by atoms with Gasteiger partial charge in [0.05, 0.1) is 5.69 Å². The molecule has 0 aliphatic carbocycles. The van der Waals surface area contributed by atoms with Crippen LogP contribution in [0.15, 0.2) is 36.1 Å². The molecule has 0 aromatic carbocycles. The molecular formula is C13H17N. The Morgan fingerprint density at radius 1 is 1.21 bits per heavy atom. The fourth-order valence-electron chi connectivity index (χ4n) is 1.36. The summed E-state index contributed by atoms with van der Waals surface area (Å²) in [6, 6.07) is 4.16. The van der Waals surface area contributed by atoms with E-state index in [-0.39, 0.29) is 0 Å². The van der Waals surface area contributed by atoms with Gasteiger partial charge in [-0.2, -0.15) is 0 Å². The van der Waals surface area contributed by atoms with Crippen molar-refractivity contribution in [3.05, 3.63) is 47.3 Å². The molecule has 1 aromatic rings. The molecule has 1 aromatic heterocycles. The summed E-state index contributed by atoms with van der Waals surface area (Å²) in [7, 11) is 0. The van der Waals surface area contributed by atoms with E-state index in [4.69, 9.17) is 0 Å². The van der Waals surface area contributed by atoms with E-state index in [9.17, 15) is 0 Å². The lowest BCUT2D eigenvalue weighted by Crippen LogP contribution is -1.90. The number of nitrogens with zero attached hydrogens (tertiary/aromatic N) is 1. The van der Waals surface area contributed by atoms with E-state index in [2.05, 4.69) is 43.1 Å². The molecule has 0 saturated heterocycles. The number of aryl methyl sites for hydroxylation is 1. The fourth-order valence-corrected chi connectivity index (χ4v) is 1.36. The second-order valence-electron chi connectivity index (χ2n) is 3.39. The van der Waals surface area contributed by atoms with Gasteiger partial charge < -0.3 is 0 Å². The third-order valence-electron chi connectivity index (χ3n) is 2.33. The quantitative estimate of drug-likeness (QED) is 0.642. The fraction of sp³-hybridized carbons (Fsp3) is 0.308. The highest BCUT2D eigenvalue weighted by atomic mass is 14.7.